The average molecular weight is 393 g/mol. The number of pyridine rings is 1. The van der Waals surface area contributed by atoms with Crippen LogP contribution in [0.5, 0.6) is 0 Å². The fourth-order valence-corrected chi connectivity index (χ4v) is 3.96. The minimum Gasteiger partial charge on any atom is -0.322 e. The van der Waals surface area contributed by atoms with Gasteiger partial charge in [-0.15, -0.1) is 11.3 Å². The summed E-state index contributed by atoms with van der Waals surface area (Å²) in [4.78, 5) is 18.7. The molecule has 0 aliphatic carbocycles. The summed E-state index contributed by atoms with van der Waals surface area (Å²) in [5, 5.41) is 3.84. The second-order valence-electron chi connectivity index (χ2n) is 6.43. The van der Waals surface area contributed by atoms with Gasteiger partial charge in [0.15, 0.2) is 0 Å². The maximum absolute atomic E-state index is 13.1. The molecule has 0 saturated heterocycles. The number of para-hydroxylation sites is 1. The van der Waals surface area contributed by atoms with E-state index in [2.05, 4.69) is 12.2 Å². The van der Waals surface area contributed by atoms with Crippen molar-refractivity contribution in [1.29, 1.82) is 0 Å². The lowest BCUT2D eigenvalue weighted by molar-refractivity contribution is 0.102. The maximum Gasteiger partial charge on any atom is 0.256 e. The van der Waals surface area contributed by atoms with Gasteiger partial charge in [0.05, 0.1) is 26.0 Å². The van der Waals surface area contributed by atoms with Crippen molar-refractivity contribution < 1.29 is 4.79 Å². The number of nitrogens with one attached hydrogen (secondary N) is 1. The van der Waals surface area contributed by atoms with Gasteiger partial charge in [-0.3, -0.25) is 4.79 Å². The Kier molecular flexibility index (Phi) is 4.68. The number of aromatic nitrogens is 1. The Balaban J connectivity index is 1.79. The van der Waals surface area contributed by atoms with E-state index in [-0.39, 0.29) is 5.91 Å². The highest BCUT2D eigenvalue weighted by molar-refractivity contribution is 7.19. The molecule has 0 bridgehead atoms. The van der Waals surface area contributed by atoms with Crippen molar-refractivity contribution in [3.8, 4) is 10.6 Å². The SMILES string of the molecule is Cc1ccc(NC(=O)c2cc(-c3ccc(Cl)s3)nc3ccccc23)cc1C. The van der Waals surface area contributed by atoms with Crippen LogP contribution < -0.4 is 5.32 Å². The van der Waals surface area contributed by atoms with E-state index in [4.69, 9.17) is 16.6 Å². The lowest BCUT2D eigenvalue weighted by Gasteiger charge is -2.11. The number of hydrogen-bond donors (Lipinski definition) is 1. The number of anilines is 1. The van der Waals surface area contributed by atoms with E-state index in [0.717, 1.165) is 32.7 Å². The largest absolute Gasteiger partial charge is 0.322 e. The van der Waals surface area contributed by atoms with Crippen molar-refractivity contribution in [3.05, 3.63) is 81.7 Å². The molecule has 4 aromatic rings. The summed E-state index contributed by atoms with van der Waals surface area (Å²) in [5.41, 5.74) is 5.24. The van der Waals surface area contributed by atoms with Crippen LogP contribution in [0, 0.1) is 13.8 Å². The van der Waals surface area contributed by atoms with Gasteiger partial charge >= 0.3 is 0 Å². The zero-order chi connectivity index (χ0) is 19.0. The van der Waals surface area contributed by atoms with Crippen molar-refractivity contribution in [2.75, 3.05) is 5.32 Å². The number of nitrogens with zero attached hydrogens (tertiary/aromatic N) is 1. The van der Waals surface area contributed by atoms with Crippen LogP contribution in [-0.2, 0) is 0 Å². The van der Waals surface area contributed by atoms with Crippen molar-refractivity contribution in [1.82, 2.24) is 4.98 Å². The van der Waals surface area contributed by atoms with Gasteiger partial charge in [0, 0.05) is 11.1 Å². The average Bonchev–Trinajstić information content (AvgIpc) is 3.10. The summed E-state index contributed by atoms with van der Waals surface area (Å²) in [6.45, 7) is 4.08. The Morgan fingerprint density at radius 3 is 2.56 bits per heavy atom. The molecule has 0 fully saturated rings. The van der Waals surface area contributed by atoms with E-state index in [1.54, 1.807) is 0 Å². The van der Waals surface area contributed by atoms with Crippen LogP contribution in [0.2, 0.25) is 4.34 Å². The van der Waals surface area contributed by atoms with Crippen molar-refractivity contribution in [2.24, 2.45) is 0 Å². The number of benzene rings is 2. The number of thiophene rings is 1. The van der Waals surface area contributed by atoms with E-state index in [0.29, 0.717) is 9.90 Å². The zero-order valence-electron chi connectivity index (χ0n) is 14.9. The van der Waals surface area contributed by atoms with E-state index in [9.17, 15) is 4.79 Å². The molecule has 1 N–H and O–H groups in total. The molecule has 0 saturated carbocycles. The molecular formula is C22H17ClN2OS. The highest BCUT2D eigenvalue weighted by Gasteiger charge is 2.15. The van der Waals surface area contributed by atoms with Crippen molar-refractivity contribution >= 4 is 45.4 Å². The summed E-state index contributed by atoms with van der Waals surface area (Å²) >= 11 is 7.53. The number of carbonyl (C=O) groups is 1. The van der Waals surface area contributed by atoms with Gasteiger partial charge in [0.2, 0.25) is 0 Å². The second kappa shape index (κ2) is 7.14. The Hall–Kier alpha value is -2.69. The first-order chi connectivity index (χ1) is 13.0. The third kappa shape index (κ3) is 3.59. The van der Waals surface area contributed by atoms with Gasteiger partial charge in [-0.2, -0.15) is 0 Å². The summed E-state index contributed by atoms with van der Waals surface area (Å²) in [7, 11) is 0. The molecule has 5 heteroatoms. The lowest BCUT2D eigenvalue weighted by Crippen LogP contribution is -2.13. The standard InChI is InChI=1S/C22H17ClN2OS/c1-13-7-8-15(11-14(13)2)24-22(26)17-12-19(20-9-10-21(23)27-20)25-18-6-4-3-5-16(17)18/h3-12H,1-2H3,(H,24,26). The molecule has 2 heterocycles. The van der Waals surface area contributed by atoms with Gasteiger partial charge in [-0.25, -0.2) is 4.98 Å². The molecule has 0 radical (unpaired) electrons. The molecule has 0 aliphatic rings. The predicted octanol–water partition coefficient (Wildman–Crippen LogP) is 6.49. The minimum atomic E-state index is -0.152. The molecule has 2 aromatic heterocycles. The number of halogens is 1. The Morgan fingerprint density at radius 1 is 1.00 bits per heavy atom. The molecule has 0 unspecified atom stereocenters. The first kappa shape index (κ1) is 17.7. The van der Waals surface area contributed by atoms with Gasteiger partial charge in [0.1, 0.15) is 0 Å². The van der Waals surface area contributed by atoms with Crippen LogP contribution >= 0.6 is 22.9 Å². The van der Waals surface area contributed by atoms with Gasteiger partial charge < -0.3 is 5.32 Å². The van der Waals surface area contributed by atoms with Gasteiger partial charge in [-0.1, -0.05) is 35.9 Å². The summed E-state index contributed by atoms with van der Waals surface area (Å²) < 4.78 is 0.695. The lowest BCUT2D eigenvalue weighted by atomic mass is 10.1. The van der Waals surface area contributed by atoms with Crippen LogP contribution in [0.1, 0.15) is 21.5 Å². The van der Waals surface area contributed by atoms with E-state index in [1.165, 1.54) is 16.9 Å². The third-order valence-electron chi connectivity index (χ3n) is 4.55. The predicted molar refractivity (Wildman–Crippen MR) is 114 cm³/mol. The number of rotatable bonds is 3. The highest BCUT2D eigenvalue weighted by Crippen LogP contribution is 2.32. The number of carbonyl (C=O) groups excluding carboxylic acids is 1. The van der Waals surface area contributed by atoms with Crippen LogP contribution in [0.3, 0.4) is 0 Å². The fourth-order valence-electron chi connectivity index (χ4n) is 2.96. The second-order valence-corrected chi connectivity index (χ2v) is 8.14. The molecule has 2 aromatic carbocycles. The third-order valence-corrected chi connectivity index (χ3v) is 5.80. The number of aryl methyl sites for hydroxylation is 2. The first-order valence-corrected chi connectivity index (χ1v) is 9.75. The topological polar surface area (TPSA) is 42.0 Å². The number of hydrogen-bond acceptors (Lipinski definition) is 3. The summed E-state index contributed by atoms with van der Waals surface area (Å²) in [6.07, 6.45) is 0. The molecular weight excluding hydrogens is 376 g/mol. The van der Waals surface area contributed by atoms with Crippen LogP contribution in [0.15, 0.2) is 60.7 Å². The Morgan fingerprint density at radius 2 is 1.81 bits per heavy atom. The maximum atomic E-state index is 13.1. The summed E-state index contributed by atoms with van der Waals surface area (Å²) in [5.74, 6) is -0.152. The summed E-state index contributed by atoms with van der Waals surface area (Å²) in [6, 6.07) is 19.2. The quantitative estimate of drug-likeness (QED) is 0.433. The highest BCUT2D eigenvalue weighted by atomic mass is 35.5. The molecule has 134 valence electrons. The van der Waals surface area contributed by atoms with Crippen molar-refractivity contribution in [2.45, 2.75) is 13.8 Å². The number of amides is 1. The normalized spacial score (nSPS) is 10.9. The molecule has 0 spiro atoms. The van der Waals surface area contributed by atoms with Gasteiger partial charge in [0.25, 0.3) is 5.91 Å². The molecule has 27 heavy (non-hydrogen) atoms. The first-order valence-electron chi connectivity index (χ1n) is 8.55. The molecule has 1 amide bonds. The van der Waals surface area contributed by atoms with E-state index < -0.39 is 0 Å². The van der Waals surface area contributed by atoms with Crippen LogP contribution in [0.4, 0.5) is 5.69 Å². The van der Waals surface area contributed by atoms with Gasteiger partial charge in [-0.05, 0) is 61.4 Å². The van der Waals surface area contributed by atoms with Crippen molar-refractivity contribution in [3.63, 3.8) is 0 Å². The molecule has 0 aliphatic heterocycles. The fraction of sp³-hybridized carbons (Fsp3) is 0.0909. The number of fused-ring (bicyclic) bond motifs is 1. The van der Waals surface area contributed by atoms with E-state index in [1.807, 2.05) is 67.6 Å². The molecule has 3 nitrogen and oxygen atoms in total. The molecule has 4 rings (SSSR count). The van der Waals surface area contributed by atoms with Crippen LogP contribution in [0.25, 0.3) is 21.5 Å². The minimum absolute atomic E-state index is 0.152. The monoisotopic (exact) mass is 392 g/mol. The smallest absolute Gasteiger partial charge is 0.256 e. The van der Waals surface area contributed by atoms with Crippen LogP contribution in [-0.4, -0.2) is 10.9 Å². The Labute approximate surface area is 166 Å². The molecule has 0 atom stereocenters. The Bertz CT molecular complexity index is 1170. The zero-order valence-corrected chi connectivity index (χ0v) is 16.5. The van der Waals surface area contributed by atoms with E-state index >= 15 is 0 Å².